The number of halogens is 1. The third kappa shape index (κ3) is 5.36. The number of benzene rings is 2. The molecule has 3 aromatic rings. The van der Waals surface area contributed by atoms with E-state index in [4.69, 9.17) is 4.74 Å². The van der Waals surface area contributed by atoms with Gasteiger partial charge in [0, 0.05) is 28.3 Å². The van der Waals surface area contributed by atoms with Crippen LogP contribution in [0.25, 0.3) is 5.69 Å². The molecule has 0 bridgehead atoms. The molecule has 31 heavy (non-hydrogen) atoms. The Bertz CT molecular complexity index is 1100. The van der Waals surface area contributed by atoms with Gasteiger partial charge in [-0.3, -0.25) is 9.59 Å². The first-order chi connectivity index (χ1) is 14.9. The standard InChI is InChI=1S/C23H23FN4O3/c1-4-31-21-11-9-20(10-12-21)28-15(2)13-17(16(28)3)14-25-27-23(30)22(29)26-19-7-5-18(24)6-8-19/h5-14H,4H2,1-3H3,(H,26,29)(H,27,30)/b25-14-. The van der Waals surface area contributed by atoms with Gasteiger partial charge >= 0.3 is 11.8 Å². The number of nitrogens with zero attached hydrogens (tertiary/aromatic N) is 2. The Labute approximate surface area is 179 Å². The summed E-state index contributed by atoms with van der Waals surface area (Å²) in [6.45, 7) is 6.45. The number of carbonyl (C=O) groups excluding carboxylic acids is 2. The van der Waals surface area contributed by atoms with Crippen LogP contribution in [-0.2, 0) is 9.59 Å². The van der Waals surface area contributed by atoms with Crippen molar-refractivity contribution in [1.29, 1.82) is 0 Å². The summed E-state index contributed by atoms with van der Waals surface area (Å²) in [5.41, 5.74) is 6.19. The van der Waals surface area contributed by atoms with Gasteiger partial charge in [0.2, 0.25) is 0 Å². The van der Waals surface area contributed by atoms with Crippen molar-refractivity contribution in [3.63, 3.8) is 0 Å². The van der Waals surface area contributed by atoms with Crippen LogP contribution in [0.3, 0.4) is 0 Å². The Hall–Kier alpha value is -3.94. The van der Waals surface area contributed by atoms with E-state index in [2.05, 4.69) is 20.4 Å². The van der Waals surface area contributed by atoms with E-state index in [0.717, 1.165) is 28.4 Å². The molecule has 2 N–H and O–H groups in total. The summed E-state index contributed by atoms with van der Waals surface area (Å²) in [4.78, 5) is 23.9. The fourth-order valence-electron chi connectivity index (χ4n) is 3.11. The summed E-state index contributed by atoms with van der Waals surface area (Å²) in [6.07, 6.45) is 1.48. The van der Waals surface area contributed by atoms with E-state index in [1.807, 2.05) is 51.1 Å². The normalized spacial score (nSPS) is 10.8. The van der Waals surface area contributed by atoms with Gasteiger partial charge in [-0.25, -0.2) is 9.82 Å². The van der Waals surface area contributed by atoms with E-state index in [9.17, 15) is 14.0 Å². The summed E-state index contributed by atoms with van der Waals surface area (Å²) >= 11 is 0. The first-order valence-corrected chi connectivity index (χ1v) is 9.71. The van der Waals surface area contributed by atoms with Gasteiger partial charge in [-0.15, -0.1) is 0 Å². The van der Waals surface area contributed by atoms with Crippen LogP contribution in [0.2, 0.25) is 0 Å². The zero-order chi connectivity index (χ0) is 22.4. The molecule has 0 atom stereocenters. The number of anilines is 1. The summed E-state index contributed by atoms with van der Waals surface area (Å²) in [5, 5.41) is 6.26. The van der Waals surface area contributed by atoms with Crippen LogP contribution in [0.1, 0.15) is 23.9 Å². The second-order valence-electron chi connectivity index (χ2n) is 6.75. The molecule has 2 amide bonds. The topological polar surface area (TPSA) is 84.7 Å². The van der Waals surface area contributed by atoms with Gasteiger partial charge in [-0.05, 0) is 75.4 Å². The number of hydrogen-bond acceptors (Lipinski definition) is 4. The van der Waals surface area contributed by atoms with Crippen molar-refractivity contribution in [1.82, 2.24) is 9.99 Å². The number of carbonyl (C=O) groups is 2. The van der Waals surface area contributed by atoms with E-state index >= 15 is 0 Å². The number of aromatic nitrogens is 1. The van der Waals surface area contributed by atoms with E-state index < -0.39 is 17.6 Å². The number of amides is 2. The van der Waals surface area contributed by atoms with Crippen LogP contribution in [0.4, 0.5) is 10.1 Å². The lowest BCUT2D eigenvalue weighted by Gasteiger charge is -2.10. The first-order valence-electron chi connectivity index (χ1n) is 9.71. The van der Waals surface area contributed by atoms with Crippen LogP contribution >= 0.6 is 0 Å². The van der Waals surface area contributed by atoms with Crippen molar-refractivity contribution in [3.8, 4) is 11.4 Å². The second kappa shape index (κ2) is 9.71. The van der Waals surface area contributed by atoms with Crippen LogP contribution < -0.4 is 15.5 Å². The number of nitrogens with one attached hydrogen (secondary N) is 2. The fraction of sp³-hybridized carbons (Fsp3) is 0.174. The molecular weight excluding hydrogens is 399 g/mol. The maximum atomic E-state index is 12.9. The predicted molar refractivity (Wildman–Crippen MR) is 117 cm³/mol. The highest BCUT2D eigenvalue weighted by atomic mass is 19.1. The van der Waals surface area contributed by atoms with Crippen molar-refractivity contribution >= 4 is 23.7 Å². The lowest BCUT2D eigenvalue weighted by atomic mass is 10.2. The van der Waals surface area contributed by atoms with Crippen LogP contribution in [0.15, 0.2) is 59.7 Å². The van der Waals surface area contributed by atoms with E-state index in [0.29, 0.717) is 12.3 Å². The molecule has 7 nitrogen and oxygen atoms in total. The van der Waals surface area contributed by atoms with Crippen molar-refractivity contribution in [2.45, 2.75) is 20.8 Å². The minimum Gasteiger partial charge on any atom is -0.494 e. The number of aryl methyl sites for hydroxylation is 1. The lowest BCUT2D eigenvalue weighted by Crippen LogP contribution is -2.32. The molecule has 0 saturated carbocycles. The van der Waals surface area contributed by atoms with Gasteiger partial charge in [0.15, 0.2) is 0 Å². The molecular formula is C23H23FN4O3. The summed E-state index contributed by atoms with van der Waals surface area (Å²) < 4.78 is 20.4. The third-order valence-corrected chi connectivity index (χ3v) is 4.55. The molecule has 1 heterocycles. The number of rotatable bonds is 6. The average molecular weight is 422 g/mol. The molecule has 160 valence electrons. The van der Waals surface area contributed by atoms with Gasteiger partial charge < -0.3 is 14.6 Å². The molecule has 2 aromatic carbocycles. The van der Waals surface area contributed by atoms with Crippen molar-refractivity contribution in [2.24, 2.45) is 5.10 Å². The summed E-state index contributed by atoms with van der Waals surface area (Å²) in [5.74, 6) is -1.46. The highest BCUT2D eigenvalue weighted by Crippen LogP contribution is 2.22. The monoisotopic (exact) mass is 422 g/mol. The molecule has 3 rings (SSSR count). The fourth-order valence-corrected chi connectivity index (χ4v) is 3.11. The van der Waals surface area contributed by atoms with Gasteiger partial charge in [-0.2, -0.15) is 5.10 Å². The predicted octanol–water partition coefficient (Wildman–Crippen LogP) is 3.72. The first kappa shape index (κ1) is 21.8. The van der Waals surface area contributed by atoms with Crippen molar-refractivity contribution in [3.05, 3.63) is 77.4 Å². The molecule has 0 aliphatic carbocycles. The quantitative estimate of drug-likeness (QED) is 0.361. The maximum absolute atomic E-state index is 12.9. The number of ether oxygens (including phenoxy) is 1. The average Bonchev–Trinajstić information content (AvgIpc) is 3.03. The van der Waals surface area contributed by atoms with Gasteiger partial charge in [0.25, 0.3) is 0 Å². The van der Waals surface area contributed by atoms with Gasteiger partial charge in [0.1, 0.15) is 11.6 Å². The van der Waals surface area contributed by atoms with Crippen LogP contribution in [0, 0.1) is 19.7 Å². The maximum Gasteiger partial charge on any atom is 0.329 e. The van der Waals surface area contributed by atoms with E-state index in [1.54, 1.807) is 0 Å². The highest BCUT2D eigenvalue weighted by molar-refractivity contribution is 6.39. The molecule has 0 fully saturated rings. The molecule has 0 saturated heterocycles. The molecule has 0 spiro atoms. The Morgan fingerprint density at radius 2 is 1.74 bits per heavy atom. The zero-order valence-corrected chi connectivity index (χ0v) is 17.5. The second-order valence-corrected chi connectivity index (χ2v) is 6.75. The third-order valence-electron chi connectivity index (χ3n) is 4.55. The molecule has 0 radical (unpaired) electrons. The minimum atomic E-state index is -0.930. The molecule has 0 unspecified atom stereocenters. The highest BCUT2D eigenvalue weighted by Gasteiger charge is 2.13. The largest absolute Gasteiger partial charge is 0.494 e. The molecule has 0 aliphatic heterocycles. The Kier molecular flexibility index (Phi) is 6.81. The zero-order valence-electron chi connectivity index (χ0n) is 17.5. The van der Waals surface area contributed by atoms with Crippen LogP contribution in [-0.4, -0.2) is 29.2 Å². The number of hydrogen-bond donors (Lipinski definition) is 2. The summed E-state index contributed by atoms with van der Waals surface area (Å²) in [6, 6.07) is 14.8. The Balaban J connectivity index is 1.65. The van der Waals surface area contributed by atoms with E-state index in [-0.39, 0.29) is 0 Å². The Morgan fingerprint density at radius 1 is 1.06 bits per heavy atom. The van der Waals surface area contributed by atoms with Gasteiger partial charge in [0.05, 0.1) is 12.8 Å². The Morgan fingerprint density at radius 3 is 2.39 bits per heavy atom. The minimum absolute atomic E-state index is 0.310. The molecule has 0 aliphatic rings. The van der Waals surface area contributed by atoms with Crippen LogP contribution in [0.5, 0.6) is 5.75 Å². The van der Waals surface area contributed by atoms with E-state index in [1.165, 1.54) is 30.5 Å². The van der Waals surface area contributed by atoms with Crippen molar-refractivity contribution < 1.29 is 18.7 Å². The van der Waals surface area contributed by atoms with Crippen molar-refractivity contribution in [2.75, 3.05) is 11.9 Å². The lowest BCUT2D eigenvalue weighted by molar-refractivity contribution is -0.136. The smallest absolute Gasteiger partial charge is 0.329 e. The summed E-state index contributed by atoms with van der Waals surface area (Å²) in [7, 11) is 0. The van der Waals surface area contributed by atoms with Gasteiger partial charge in [-0.1, -0.05) is 0 Å². The SMILES string of the molecule is CCOc1ccc(-n2c(C)cc(/C=N\NC(=O)C(=O)Nc3ccc(F)cc3)c2C)cc1. The molecule has 8 heteroatoms. The number of hydrazone groups is 1. The molecule has 1 aromatic heterocycles.